The van der Waals surface area contributed by atoms with E-state index in [1.54, 1.807) is 10.8 Å². The van der Waals surface area contributed by atoms with Crippen LogP contribution in [0.15, 0.2) is 17.2 Å². The second kappa shape index (κ2) is 4.78. The number of aryl methyl sites for hydroxylation is 1. The van der Waals surface area contributed by atoms with Crippen molar-refractivity contribution < 1.29 is 0 Å². The van der Waals surface area contributed by atoms with Gasteiger partial charge in [0.25, 0.3) is 0 Å². The molecule has 1 heterocycles. The Balaban J connectivity index is 1.84. The molecular weight excluding hydrogens is 202 g/mol. The zero-order valence-electron chi connectivity index (χ0n) is 9.94. The molecule has 2 rings (SSSR count). The number of aromatic nitrogens is 2. The SMILES string of the molecule is Cc1cnc(=O)n(CCNC(C)C2CC2)c1. The molecule has 1 N–H and O–H groups in total. The molecule has 1 fully saturated rings. The summed E-state index contributed by atoms with van der Waals surface area (Å²) in [6.45, 7) is 5.70. The molecule has 4 nitrogen and oxygen atoms in total. The summed E-state index contributed by atoms with van der Waals surface area (Å²) in [7, 11) is 0. The van der Waals surface area contributed by atoms with Crippen molar-refractivity contribution in [3.8, 4) is 0 Å². The smallest absolute Gasteiger partial charge is 0.312 e. The lowest BCUT2D eigenvalue weighted by Crippen LogP contribution is -2.33. The van der Waals surface area contributed by atoms with Crippen LogP contribution < -0.4 is 11.0 Å². The van der Waals surface area contributed by atoms with Gasteiger partial charge in [0.1, 0.15) is 0 Å². The number of hydrogen-bond donors (Lipinski definition) is 1. The molecular formula is C12H19N3O. The van der Waals surface area contributed by atoms with E-state index in [2.05, 4.69) is 17.2 Å². The van der Waals surface area contributed by atoms with Crippen LogP contribution in [-0.2, 0) is 6.54 Å². The lowest BCUT2D eigenvalue weighted by Gasteiger charge is -2.13. The highest BCUT2D eigenvalue weighted by Crippen LogP contribution is 2.32. The molecule has 0 bridgehead atoms. The largest absolute Gasteiger partial charge is 0.347 e. The first-order valence-corrected chi connectivity index (χ1v) is 5.93. The molecule has 0 aromatic carbocycles. The van der Waals surface area contributed by atoms with Crippen LogP contribution in [0.25, 0.3) is 0 Å². The molecule has 1 unspecified atom stereocenters. The van der Waals surface area contributed by atoms with Gasteiger partial charge in [-0.15, -0.1) is 0 Å². The van der Waals surface area contributed by atoms with E-state index in [4.69, 9.17) is 0 Å². The van der Waals surface area contributed by atoms with Crippen molar-refractivity contribution in [2.75, 3.05) is 6.54 Å². The van der Waals surface area contributed by atoms with Gasteiger partial charge in [0, 0.05) is 31.5 Å². The van der Waals surface area contributed by atoms with E-state index < -0.39 is 0 Å². The predicted molar refractivity (Wildman–Crippen MR) is 63.4 cm³/mol. The summed E-state index contributed by atoms with van der Waals surface area (Å²) < 4.78 is 1.67. The summed E-state index contributed by atoms with van der Waals surface area (Å²) in [5.41, 5.74) is 0.862. The minimum Gasteiger partial charge on any atom is -0.312 e. The summed E-state index contributed by atoms with van der Waals surface area (Å²) in [5, 5.41) is 3.45. The third kappa shape index (κ3) is 2.92. The van der Waals surface area contributed by atoms with Crippen LogP contribution in [0.5, 0.6) is 0 Å². The van der Waals surface area contributed by atoms with Gasteiger partial charge >= 0.3 is 5.69 Å². The van der Waals surface area contributed by atoms with Gasteiger partial charge in [-0.25, -0.2) is 9.78 Å². The van der Waals surface area contributed by atoms with E-state index in [9.17, 15) is 4.79 Å². The maximum Gasteiger partial charge on any atom is 0.347 e. The van der Waals surface area contributed by atoms with Crippen LogP contribution >= 0.6 is 0 Å². The molecule has 4 heteroatoms. The Kier molecular flexibility index (Phi) is 3.39. The van der Waals surface area contributed by atoms with Crippen molar-refractivity contribution in [3.05, 3.63) is 28.4 Å². The molecule has 1 aromatic rings. The summed E-state index contributed by atoms with van der Waals surface area (Å²) in [4.78, 5) is 15.2. The van der Waals surface area contributed by atoms with E-state index in [1.807, 2.05) is 13.1 Å². The van der Waals surface area contributed by atoms with Gasteiger partial charge in [-0.1, -0.05) is 0 Å². The molecule has 1 saturated carbocycles. The summed E-state index contributed by atoms with van der Waals surface area (Å²) in [6.07, 6.45) is 6.16. The fourth-order valence-electron chi connectivity index (χ4n) is 1.90. The lowest BCUT2D eigenvalue weighted by atomic mass is 10.2. The van der Waals surface area contributed by atoms with Gasteiger partial charge in [0.15, 0.2) is 0 Å². The Labute approximate surface area is 95.7 Å². The monoisotopic (exact) mass is 221 g/mol. The van der Waals surface area contributed by atoms with Crippen LogP contribution in [0.4, 0.5) is 0 Å². The quantitative estimate of drug-likeness (QED) is 0.805. The summed E-state index contributed by atoms with van der Waals surface area (Å²) >= 11 is 0. The van der Waals surface area contributed by atoms with Crippen molar-refractivity contribution >= 4 is 0 Å². The zero-order chi connectivity index (χ0) is 11.5. The molecule has 16 heavy (non-hydrogen) atoms. The first-order valence-electron chi connectivity index (χ1n) is 5.93. The van der Waals surface area contributed by atoms with Crippen molar-refractivity contribution in [2.24, 2.45) is 5.92 Å². The third-order valence-electron chi connectivity index (χ3n) is 3.13. The molecule has 0 saturated heterocycles. The molecule has 88 valence electrons. The van der Waals surface area contributed by atoms with E-state index in [-0.39, 0.29) is 5.69 Å². The predicted octanol–water partition coefficient (Wildman–Crippen LogP) is 0.940. The van der Waals surface area contributed by atoms with Gasteiger partial charge in [-0.2, -0.15) is 0 Å². The Bertz CT molecular complexity index is 409. The molecule has 1 aliphatic rings. The molecule has 1 aromatic heterocycles. The number of hydrogen-bond acceptors (Lipinski definition) is 3. The Morgan fingerprint density at radius 2 is 2.38 bits per heavy atom. The highest BCUT2D eigenvalue weighted by Gasteiger charge is 2.27. The highest BCUT2D eigenvalue weighted by atomic mass is 16.1. The van der Waals surface area contributed by atoms with Gasteiger partial charge in [-0.3, -0.25) is 4.57 Å². The minimum atomic E-state index is -0.161. The second-order valence-corrected chi connectivity index (χ2v) is 4.69. The highest BCUT2D eigenvalue weighted by molar-refractivity contribution is 4.99. The van der Waals surface area contributed by atoms with Gasteiger partial charge < -0.3 is 5.32 Å². The normalized spacial score (nSPS) is 17.4. The third-order valence-corrected chi connectivity index (χ3v) is 3.13. The molecule has 0 radical (unpaired) electrons. The standard InChI is InChI=1S/C12H19N3O/c1-9-7-14-12(16)15(8-9)6-5-13-10(2)11-3-4-11/h7-8,10-11,13H,3-6H2,1-2H3. The van der Waals surface area contributed by atoms with Gasteiger partial charge in [0.2, 0.25) is 0 Å². The van der Waals surface area contributed by atoms with Gasteiger partial charge in [0.05, 0.1) is 0 Å². The van der Waals surface area contributed by atoms with E-state index in [0.717, 1.165) is 18.0 Å². The maximum absolute atomic E-state index is 11.4. The molecule has 0 aliphatic heterocycles. The lowest BCUT2D eigenvalue weighted by molar-refractivity contribution is 0.469. The summed E-state index contributed by atoms with van der Waals surface area (Å²) in [5.74, 6) is 0.854. The fraction of sp³-hybridized carbons (Fsp3) is 0.667. The summed E-state index contributed by atoms with van der Waals surface area (Å²) in [6, 6.07) is 0.577. The van der Waals surface area contributed by atoms with E-state index >= 15 is 0 Å². The maximum atomic E-state index is 11.4. The zero-order valence-corrected chi connectivity index (χ0v) is 9.94. The fourth-order valence-corrected chi connectivity index (χ4v) is 1.90. The average molecular weight is 221 g/mol. The molecule has 0 amide bonds. The Hall–Kier alpha value is -1.16. The molecule has 0 spiro atoms. The number of nitrogens with zero attached hydrogens (tertiary/aromatic N) is 2. The Morgan fingerprint density at radius 1 is 1.62 bits per heavy atom. The van der Waals surface area contributed by atoms with E-state index in [1.165, 1.54) is 12.8 Å². The second-order valence-electron chi connectivity index (χ2n) is 4.69. The molecule has 1 aliphatic carbocycles. The van der Waals surface area contributed by atoms with Crippen molar-refractivity contribution in [2.45, 2.75) is 39.3 Å². The van der Waals surface area contributed by atoms with Crippen LogP contribution in [0.2, 0.25) is 0 Å². The number of nitrogens with one attached hydrogen (secondary N) is 1. The van der Waals surface area contributed by atoms with Crippen LogP contribution in [0.3, 0.4) is 0 Å². The topological polar surface area (TPSA) is 46.9 Å². The van der Waals surface area contributed by atoms with Gasteiger partial charge in [-0.05, 0) is 38.2 Å². The average Bonchev–Trinajstić information content (AvgIpc) is 3.06. The molecule has 1 atom stereocenters. The first-order chi connectivity index (χ1) is 7.66. The number of rotatable bonds is 5. The van der Waals surface area contributed by atoms with Crippen molar-refractivity contribution in [1.82, 2.24) is 14.9 Å². The first kappa shape index (κ1) is 11.3. The van der Waals surface area contributed by atoms with Crippen molar-refractivity contribution in [1.29, 1.82) is 0 Å². The minimum absolute atomic E-state index is 0.161. The Morgan fingerprint density at radius 3 is 3.06 bits per heavy atom. The van der Waals surface area contributed by atoms with Crippen LogP contribution in [0, 0.1) is 12.8 Å². The van der Waals surface area contributed by atoms with Crippen LogP contribution in [-0.4, -0.2) is 22.1 Å². The van der Waals surface area contributed by atoms with Crippen molar-refractivity contribution in [3.63, 3.8) is 0 Å². The van der Waals surface area contributed by atoms with E-state index in [0.29, 0.717) is 12.6 Å². The van der Waals surface area contributed by atoms with Crippen LogP contribution in [0.1, 0.15) is 25.3 Å².